The summed E-state index contributed by atoms with van der Waals surface area (Å²) >= 11 is 0. The zero-order chi connectivity index (χ0) is 31.6. The van der Waals surface area contributed by atoms with E-state index in [1.165, 1.54) is 12.1 Å². The Morgan fingerprint density at radius 1 is 0.851 bits per heavy atom. The number of amides is 1. The number of rotatable bonds is 14. The summed E-state index contributed by atoms with van der Waals surface area (Å²) in [5.74, 6) is 0.783. The maximum absolute atomic E-state index is 11.6. The summed E-state index contributed by atoms with van der Waals surface area (Å²) in [6.07, 6.45) is 1.58. The second kappa shape index (κ2) is 17.4. The van der Waals surface area contributed by atoms with Crippen LogP contribution in [0.2, 0.25) is 0 Å². The maximum Gasteiger partial charge on any atom is 0.409 e. The third kappa shape index (κ3) is 9.86. The molecule has 0 aliphatic heterocycles. The van der Waals surface area contributed by atoms with Crippen molar-refractivity contribution in [3.05, 3.63) is 124 Å². The van der Waals surface area contributed by atoms with Crippen LogP contribution in [-0.4, -0.2) is 46.1 Å². The summed E-state index contributed by atoms with van der Waals surface area (Å²) in [5.41, 5.74) is 5.33. The first kappa shape index (κ1) is 36.2. The largest absolute Gasteiger partial charge is 0.506 e. The van der Waals surface area contributed by atoms with Crippen molar-refractivity contribution in [3.63, 3.8) is 0 Å². The molecule has 0 saturated carbocycles. The number of aromatic nitrogens is 1. The van der Waals surface area contributed by atoms with Crippen molar-refractivity contribution >= 4 is 22.7 Å². The zero-order valence-electron chi connectivity index (χ0n) is 25.6. The number of aromatic hydroxyl groups is 1. The Balaban J connectivity index is 0.00000300. The molecule has 1 unspecified atom stereocenters. The molecule has 5 rings (SSSR count). The second-order valence-corrected chi connectivity index (χ2v) is 10.9. The molecule has 9 nitrogen and oxygen atoms in total. The molecule has 1 amide bonds. The molecule has 0 radical (unpaired) electrons. The van der Waals surface area contributed by atoms with E-state index in [0.717, 1.165) is 53.7 Å². The van der Waals surface area contributed by atoms with Gasteiger partial charge in [-0.25, -0.2) is 4.79 Å². The van der Waals surface area contributed by atoms with Gasteiger partial charge >= 0.3 is 6.09 Å². The van der Waals surface area contributed by atoms with Gasteiger partial charge in [0.15, 0.2) is 0 Å². The average Bonchev–Trinajstić information content (AvgIpc) is 3.04. The highest BCUT2D eigenvalue weighted by Gasteiger charge is 2.14. The number of anilines is 1. The van der Waals surface area contributed by atoms with Gasteiger partial charge in [0.05, 0.1) is 23.9 Å². The Labute approximate surface area is 270 Å². The van der Waals surface area contributed by atoms with Crippen molar-refractivity contribution in [2.75, 3.05) is 25.0 Å². The van der Waals surface area contributed by atoms with Crippen LogP contribution in [0.5, 0.6) is 11.5 Å². The highest BCUT2D eigenvalue weighted by molar-refractivity contribution is 5.90. The number of phenols is 1. The highest BCUT2D eigenvalue weighted by Crippen LogP contribution is 2.30. The van der Waals surface area contributed by atoms with E-state index in [1.807, 2.05) is 72.8 Å². The molecule has 47 heavy (non-hydrogen) atoms. The summed E-state index contributed by atoms with van der Waals surface area (Å²) in [5, 5.41) is 36.4. The van der Waals surface area contributed by atoms with Crippen molar-refractivity contribution in [1.29, 1.82) is 0 Å². The van der Waals surface area contributed by atoms with Crippen LogP contribution in [0.25, 0.3) is 22.0 Å². The number of hydrogen-bond donors (Lipinski definition) is 6. The summed E-state index contributed by atoms with van der Waals surface area (Å²) in [6.45, 7) is 1.60. The Kier molecular flexibility index (Phi) is 13.4. The number of carbonyl (C=O) groups is 1. The molecule has 11 heteroatoms. The number of H-pyrrole nitrogens is 1. The molecule has 1 heterocycles. The molecule has 0 aliphatic rings. The van der Waals surface area contributed by atoms with E-state index in [-0.39, 0.29) is 20.7 Å². The lowest BCUT2D eigenvalue weighted by Gasteiger charge is -2.15. The van der Waals surface area contributed by atoms with Gasteiger partial charge in [0.25, 0.3) is 0 Å². The number of halogens is 2. The predicted molar refractivity (Wildman–Crippen MR) is 181 cm³/mol. The summed E-state index contributed by atoms with van der Waals surface area (Å²) in [6, 6.07) is 29.7. The van der Waals surface area contributed by atoms with Crippen LogP contribution in [0.1, 0.15) is 35.6 Å². The van der Waals surface area contributed by atoms with Gasteiger partial charge in [0.2, 0.25) is 5.56 Å². The van der Waals surface area contributed by atoms with Crippen LogP contribution in [0.4, 0.5) is 19.9 Å². The molecular weight excluding hydrogens is 608 g/mol. The third-order valence-electron chi connectivity index (χ3n) is 7.66. The number of aliphatic hydroxyl groups is 1. The number of fused-ring (bicyclic) bond motifs is 1. The number of unbranched alkanes of at least 4 members (excludes halogenated alkanes) is 1. The molecule has 0 bridgehead atoms. The van der Waals surface area contributed by atoms with E-state index in [2.05, 4.69) is 15.6 Å². The minimum absolute atomic E-state index is 0. The topological polar surface area (TPSA) is 144 Å². The van der Waals surface area contributed by atoms with Crippen LogP contribution in [0.15, 0.2) is 102 Å². The van der Waals surface area contributed by atoms with Crippen molar-refractivity contribution in [3.8, 4) is 22.6 Å². The number of aromatic amines is 1. The van der Waals surface area contributed by atoms with Gasteiger partial charge in [-0.05, 0) is 90.9 Å². The van der Waals surface area contributed by atoms with Crippen molar-refractivity contribution in [1.82, 2.24) is 10.3 Å². The van der Waals surface area contributed by atoms with E-state index >= 15 is 0 Å². The summed E-state index contributed by atoms with van der Waals surface area (Å²) in [4.78, 5) is 25.5. The molecule has 1 atom stereocenters. The van der Waals surface area contributed by atoms with Gasteiger partial charge in [-0.2, -0.15) is 0 Å². The fraction of sp³-hybridized carbons (Fsp3) is 0.222. The smallest absolute Gasteiger partial charge is 0.409 e. The van der Waals surface area contributed by atoms with Gasteiger partial charge < -0.3 is 30.4 Å². The van der Waals surface area contributed by atoms with Crippen LogP contribution >= 0.6 is 0 Å². The van der Waals surface area contributed by atoms with E-state index in [9.17, 15) is 24.9 Å². The Hall–Kier alpha value is -5.26. The molecule has 6 N–H and O–H groups in total. The van der Waals surface area contributed by atoms with Crippen LogP contribution in [0, 0.1) is 0 Å². The molecular formula is C36H39F2N3O6. The monoisotopic (exact) mass is 647 g/mol. The van der Waals surface area contributed by atoms with Gasteiger partial charge in [-0.3, -0.25) is 19.5 Å². The van der Waals surface area contributed by atoms with E-state index in [1.54, 1.807) is 12.1 Å². The zero-order valence-corrected chi connectivity index (χ0v) is 25.6. The molecule has 1 aromatic heterocycles. The normalized spacial score (nSPS) is 11.3. The molecule has 4 aromatic carbocycles. The number of benzene rings is 4. The first-order valence-electron chi connectivity index (χ1n) is 15.0. The van der Waals surface area contributed by atoms with Gasteiger partial charge in [-0.15, -0.1) is 0 Å². The number of pyridine rings is 1. The van der Waals surface area contributed by atoms with Crippen molar-refractivity contribution in [2.24, 2.45) is 0 Å². The molecule has 0 fully saturated rings. The third-order valence-corrected chi connectivity index (χ3v) is 7.66. The van der Waals surface area contributed by atoms with Gasteiger partial charge in [0, 0.05) is 23.6 Å². The number of hydrogen-bond acceptors (Lipinski definition) is 6. The van der Waals surface area contributed by atoms with Gasteiger partial charge in [-0.1, -0.05) is 54.6 Å². The van der Waals surface area contributed by atoms with Crippen molar-refractivity contribution < 1.29 is 34.3 Å². The van der Waals surface area contributed by atoms with Crippen molar-refractivity contribution in [2.45, 2.75) is 31.8 Å². The molecule has 0 aliphatic carbocycles. The summed E-state index contributed by atoms with van der Waals surface area (Å²) < 4.78 is 5.95. The second-order valence-electron chi connectivity index (χ2n) is 10.9. The van der Waals surface area contributed by atoms with Crippen LogP contribution < -0.4 is 20.9 Å². The minimum atomic E-state index is -1.08. The Morgan fingerprint density at radius 2 is 1.60 bits per heavy atom. The Bertz CT molecular complexity index is 1800. The lowest BCUT2D eigenvalue weighted by atomic mass is 9.98. The maximum atomic E-state index is 11.6. The van der Waals surface area contributed by atoms with Crippen LogP contribution in [0.3, 0.4) is 0 Å². The first-order valence-corrected chi connectivity index (χ1v) is 15.0. The minimum Gasteiger partial charge on any atom is -0.506 e. The number of carboxylic acid groups (broad SMARTS) is 1. The Morgan fingerprint density at radius 3 is 2.34 bits per heavy atom. The molecule has 5 aromatic rings. The fourth-order valence-corrected chi connectivity index (χ4v) is 5.33. The first-order chi connectivity index (χ1) is 21.9. The predicted octanol–water partition coefficient (Wildman–Crippen LogP) is 6.56. The quantitative estimate of drug-likeness (QED) is 0.0749. The highest BCUT2D eigenvalue weighted by atomic mass is 19.0. The fourth-order valence-electron chi connectivity index (χ4n) is 5.33. The lowest BCUT2D eigenvalue weighted by molar-refractivity contribution is 0.176. The molecule has 0 saturated heterocycles. The number of phenolic OH excluding ortho intramolecular Hbond substituents is 1. The number of ether oxygens (including phenoxy) is 1. The number of nitrogens with one attached hydrogen (secondary N) is 3. The summed E-state index contributed by atoms with van der Waals surface area (Å²) in [7, 11) is 0. The lowest BCUT2D eigenvalue weighted by Crippen LogP contribution is -2.24. The SMILES string of the molecule is F.F.O=C(O)Nc1ccc(CCCCOc2ccc(CCNCC(O)c3ccc(O)c4[nH]c(=O)ccc34)cc2)cc1-c1ccccc1. The van der Waals surface area contributed by atoms with Crippen LogP contribution in [-0.2, 0) is 12.8 Å². The number of aryl methyl sites for hydroxylation is 1. The molecule has 0 spiro atoms. The van der Waals surface area contributed by atoms with E-state index in [4.69, 9.17) is 4.74 Å². The standard InChI is InChI=1S/C36H37N3O6.2FH/c40-32-17-14-28(29-15-18-34(42)39-35(29)32)33(41)23-37-20-19-24-9-12-27(13-10-24)45-21-5-4-6-25-11-16-31(38-36(43)44)30(22-25)26-7-2-1-3-8-26;;/h1-3,7-18,22,33,37-38,40-41H,4-6,19-21,23H2,(H,39,42)(H,43,44);2*1H. The van der Waals surface area contributed by atoms with E-state index < -0.39 is 12.2 Å². The van der Waals surface area contributed by atoms with Gasteiger partial charge in [0.1, 0.15) is 11.5 Å². The van der Waals surface area contributed by atoms with E-state index in [0.29, 0.717) is 41.9 Å². The average molecular weight is 648 g/mol. The molecule has 248 valence electrons. The number of aliphatic hydroxyl groups excluding tert-OH is 1.